The van der Waals surface area contributed by atoms with E-state index in [1.54, 1.807) is 13.8 Å². The molecule has 0 radical (unpaired) electrons. The number of hydrogen-bond donors (Lipinski definition) is 4. The lowest BCUT2D eigenvalue weighted by atomic mass is 10.1. The zero-order chi connectivity index (χ0) is 16.3. The van der Waals surface area contributed by atoms with E-state index in [1.807, 2.05) is 0 Å². The minimum atomic E-state index is -0.652. The van der Waals surface area contributed by atoms with Gasteiger partial charge in [0.05, 0.1) is 10.9 Å². The van der Waals surface area contributed by atoms with Crippen molar-refractivity contribution in [3.8, 4) is 0 Å². The van der Waals surface area contributed by atoms with Crippen LogP contribution in [0.2, 0.25) is 0 Å². The number of carbonyl (C=O) groups excluding carboxylic acids is 2. The van der Waals surface area contributed by atoms with Gasteiger partial charge in [0.1, 0.15) is 6.04 Å². The number of amides is 2. The summed E-state index contributed by atoms with van der Waals surface area (Å²) in [5, 5.41) is 5.63. The third-order valence-electron chi connectivity index (χ3n) is 3.09. The number of aromatic amines is 2. The van der Waals surface area contributed by atoms with Crippen LogP contribution in [0.25, 0.3) is 10.9 Å². The average Bonchev–Trinajstić information content (AvgIpc) is 2.46. The van der Waals surface area contributed by atoms with Crippen LogP contribution in [0, 0.1) is 4.77 Å². The van der Waals surface area contributed by atoms with E-state index in [1.165, 1.54) is 18.2 Å². The van der Waals surface area contributed by atoms with Gasteiger partial charge in [0.25, 0.3) is 11.5 Å². The standard InChI is InChI=1S/C14H16N4O3S/c1-3-15-11(19)7(2)16-12(20)8-4-5-9-10(6-8)17-14(22)18-13(9)21/h4-7H,3H2,1-2H3,(H,15,19)(H,16,20)(H2,17,18,21,22)/t7-/m1/s1. The van der Waals surface area contributed by atoms with Crippen LogP contribution in [0.15, 0.2) is 23.0 Å². The van der Waals surface area contributed by atoms with E-state index in [0.29, 0.717) is 23.0 Å². The Morgan fingerprint density at radius 3 is 2.73 bits per heavy atom. The predicted molar refractivity (Wildman–Crippen MR) is 85.4 cm³/mol. The molecule has 2 aromatic rings. The molecule has 0 aliphatic heterocycles. The van der Waals surface area contributed by atoms with Crippen molar-refractivity contribution in [3.63, 3.8) is 0 Å². The van der Waals surface area contributed by atoms with Gasteiger partial charge in [-0.3, -0.25) is 19.4 Å². The van der Waals surface area contributed by atoms with Crippen LogP contribution in [0.4, 0.5) is 0 Å². The predicted octanol–water partition coefficient (Wildman–Crippen LogP) is 0.840. The number of aromatic nitrogens is 2. The molecule has 2 rings (SSSR count). The van der Waals surface area contributed by atoms with E-state index >= 15 is 0 Å². The minimum Gasteiger partial charge on any atom is -0.355 e. The Bertz CT molecular complexity index is 840. The lowest BCUT2D eigenvalue weighted by molar-refractivity contribution is -0.122. The van der Waals surface area contributed by atoms with Crippen LogP contribution >= 0.6 is 12.2 Å². The molecule has 116 valence electrons. The molecule has 1 atom stereocenters. The van der Waals surface area contributed by atoms with Gasteiger partial charge in [-0.15, -0.1) is 0 Å². The summed E-state index contributed by atoms with van der Waals surface area (Å²) < 4.78 is 0.186. The molecule has 22 heavy (non-hydrogen) atoms. The number of hydrogen-bond acceptors (Lipinski definition) is 4. The fraction of sp³-hybridized carbons (Fsp3) is 0.286. The van der Waals surface area contributed by atoms with Gasteiger partial charge in [0.2, 0.25) is 5.91 Å². The molecule has 2 amide bonds. The van der Waals surface area contributed by atoms with E-state index < -0.39 is 11.9 Å². The van der Waals surface area contributed by atoms with Crippen LogP contribution in [0.5, 0.6) is 0 Å². The van der Waals surface area contributed by atoms with E-state index in [0.717, 1.165) is 0 Å². The van der Waals surface area contributed by atoms with Crippen molar-refractivity contribution in [1.82, 2.24) is 20.6 Å². The van der Waals surface area contributed by atoms with Crippen molar-refractivity contribution in [3.05, 3.63) is 38.9 Å². The Morgan fingerprint density at radius 2 is 2.05 bits per heavy atom. The van der Waals surface area contributed by atoms with Gasteiger partial charge >= 0.3 is 0 Å². The minimum absolute atomic E-state index is 0.186. The molecular weight excluding hydrogens is 304 g/mol. The fourth-order valence-electron chi connectivity index (χ4n) is 1.98. The Balaban J connectivity index is 2.27. The number of fused-ring (bicyclic) bond motifs is 1. The topological polar surface area (TPSA) is 107 Å². The van der Waals surface area contributed by atoms with Crippen LogP contribution < -0.4 is 16.2 Å². The van der Waals surface area contributed by atoms with Crippen molar-refractivity contribution < 1.29 is 9.59 Å². The first-order valence-corrected chi connectivity index (χ1v) is 7.18. The smallest absolute Gasteiger partial charge is 0.259 e. The molecule has 7 nitrogen and oxygen atoms in total. The molecule has 0 fully saturated rings. The maximum absolute atomic E-state index is 12.2. The largest absolute Gasteiger partial charge is 0.355 e. The van der Waals surface area contributed by atoms with Crippen LogP contribution in [-0.4, -0.2) is 34.4 Å². The second kappa shape index (κ2) is 6.52. The van der Waals surface area contributed by atoms with Gasteiger partial charge in [-0.1, -0.05) is 0 Å². The fourth-order valence-corrected chi connectivity index (χ4v) is 2.19. The summed E-state index contributed by atoms with van der Waals surface area (Å²) in [7, 11) is 0. The first-order valence-electron chi connectivity index (χ1n) is 6.77. The molecule has 1 aromatic heterocycles. The average molecular weight is 320 g/mol. The summed E-state index contributed by atoms with van der Waals surface area (Å²) in [6, 6.07) is 3.93. The van der Waals surface area contributed by atoms with Crippen molar-refractivity contribution >= 4 is 34.9 Å². The van der Waals surface area contributed by atoms with Crippen LogP contribution in [0.3, 0.4) is 0 Å². The number of rotatable bonds is 4. The molecule has 0 unspecified atom stereocenters. The molecule has 8 heteroatoms. The van der Waals surface area contributed by atoms with E-state index in [2.05, 4.69) is 20.6 Å². The Kier molecular flexibility index (Phi) is 4.71. The third kappa shape index (κ3) is 3.40. The van der Waals surface area contributed by atoms with Gasteiger partial charge in [0, 0.05) is 12.1 Å². The molecule has 0 spiro atoms. The summed E-state index contributed by atoms with van der Waals surface area (Å²) in [4.78, 5) is 40.8. The van der Waals surface area contributed by atoms with E-state index in [4.69, 9.17) is 12.2 Å². The SMILES string of the molecule is CCNC(=O)[C@@H](C)NC(=O)c1ccc2c(=O)[nH]c(=S)[nH]c2c1. The van der Waals surface area contributed by atoms with Crippen LogP contribution in [0.1, 0.15) is 24.2 Å². The van der Waals surface area contributed by atoms with Crippen molar-refractivity contribution in [2.45, 2.75) is 19.9 Å². The van der Waals surface area contributed by atoms with Gasteiger partial charge in [0.15, 0.2) is 4.77 Å². The highest BCUT2D eigenvalue weighted by Crippen LogP contribution is 2.10. The second-order valence-electron chi connectivity index (χ2n) is 4.76. The van der Waals surface area contributed by atoms with E-state index in [9.17, 15) is 14.4 Å². The van der Waals surface area contributed by atoms with Crippen molar-refractivity contribution in [2.75, 3.05) is 6.54 Å². The molecule has 4 N–H and O–H groups in total. The first kappa shape index (κ1) is 15.9. The lowest BCUT2D eigenvalue weighted by Gasteiger charge is -2.13. The quantitative estimate of drug-likeness (QED) is 0.626. The highest BCUT2D eigenvalue weighted by molar-refractivity contribution is 7.71. The van der Waals surface area contributed by atoms with Crippen molar-refractivity contribution in [1.29, 1.82) is 0 Å². The molecule has 1 heterocycles. The number of H-pyrrole nitrogens is 2. The molecule has 0 aliphatic carbocycles. The summed E-state index contributed by atoms with van der Waals surface area (Å²) in [6.45, 7) is 3.89. The summed E-state index contributed by atoms with van der Waals surface area (Å²) in [5.74, 6) is -0.659. The first-order chi connectivity index (χ1) is 10.4. The lowest BCUT2D eigenvalue weighted by Crippen LogP contribution is -2.44. The van der Waals surface area contributed by atoms with Gasteiger partial charge in [-0.05, 0) is 44.3 Å². The Hall–Kier alpha value is -2.48. The third-order valence-corrected chi connectivity index (χ3v) is 3.30. The summed E-state index contributed by atoms with van der Waals surface area (Å²) in [6.07, 6.45) is 0. The van der Waals surface area contributed by atoms with Gasteiger partial charge < -0.3 is 15.6 Å². The zero-order valence-corrected chi connectivity index (χ0v) is 13.0. The monoisotopic (exact) mass is 320 g/mol. The molecule has 0 saturated carbocycles. The molecular formula is C14H16N4O3S. The second-order valence-corrected chi connectivity index (χ2v) is 5.17. The maximum atomic E-state index is 12.2. The highest BCUT2D eigenvalue weighted by Gasteiger charge is 2.16. The van der Waals surface area contributed by atoms with E-state index in [-0.39, 0.29) is 16.2 Å². The van der Waals surface area contributed by atoms with Crippen molar-refractivity contribution in [2.24, 2.45) is 0 Å². The summed E-state index contributed by atoms with van der Waals surface area (Å²) in [5.41, 5.74) is 0.480. The Morgan fingerprint density at radius 1 is 1.32 bits per heavy atom. The highest BCUT2D eigenvalue weighted by atomic mass is 32.1. The normalized spacial score (nSPS) is 11.9. The molecule has 0 bridgehead atoms. The molecule has 0 saturated heterocycles. The van der Waals surface area contributed by atoms with Gasteiger partial charge in [-0.2, -0.15) is 0 Å². The summed E-state index contributed by atoms with van der Waals surface area (Å²) >= 11 is 4.90. The molecule has 0 aliphatic rings. The zero-order valence-electron chi connectivity index (χ0n) is 12.1. The number of benzene rings is 1. The van der Waals surface area contributed by atoms with Gasteiger partial charge in [-0.25, -0.2) is 0 Å². The number of carbonyl (C=O) groups is 2. The maximum Gasteiger partial charge on any atom is 0.259 e. The van der Waals surface area contributed by atoms with Crippen LogP contribution in [-0.2, 0) is 4.79 Å². The number of nitrogens with one attached hydrogen (secondary N) is 4. The Labute approximate surface area is 131 Å². The number of likely N-dealkylation sites (N-methyl/N-ethyl adjacent to an activating group) is 1. The molecule has 1 aromatic carbocycles.